The highest BCUT2D eigenvalue weighted by Crippen LogP contribution is 2.28. The summed E-state index contributed by atoms with van der Waals surface area (Å²) in [4.78, 5) is 0. The zero-order valence-corrected chi connectivity index (χ0v) is 8.96. The number of hydrogen-bond donors (Lipinski definition) is 0. The van der Waals surface area contributed by atoms with Gasteiger partial charge in [-0.25, -0.2) is 8.78 Å². The zero-order valence-electron chi connectivity index (χ0n) is 7.45. The molecular formula is C10H8Cl2F2. The summed E-state index contributed by atoms with van der Waals surface area (Å²) in [5.74, 6) is -1.60. The first-order chi connectivity index (χ1) is 6.57. The predicted octanol–water partition coefficient (Wildman–Crippen LogP) is 4.61. The van der Waals surface area contributed by atoms with Crippen molar-refractivity contribution in [3.8, 4) is 0 Å². The summed E-state index contributed by atoms with van der Waals surface area (Å²) in [5, 5.41) is -0.281. The van der Waals surface area contributed by atoms with Gasteiger partial charge in [0.2, 0.25) is 0 Å². The second kappa shape index (κ2) is 4.76. The third kappa shape index (κ3) is 2.25. The van der Waals surface area contributed by atoms with Crippen LogP contribution in [0.4, 0.5) is 8.78 Å². The SMILES string of the molecule is CC/C=C(\Cl)c1ccc(F)c(Cl)c1F. The first kappa shape index (κ1) is 11.5. The lowest BCUT2D eigenvalue weighted by atomic mass is 10.2. The molecule has 1 aromatic rings. The fraction of sp³-hybridized carbons (Fsp3) is 0.200. The molecule has 14 heavy (non-hydrogen) atoms. The Morgan fingerprint density at radius 2 is 2.07 bits per heavy atom. The molecule has 0 bridgehead atoms. The molecule has 1 aromatic carbocycles. The van der Waals surface area contributed by atoms with E-state index in [1.807, 2.05) is 6.92 Å². The summed E-state index contributed by atoms with van der Waals surface area (Å²) >= 11 is 11.2. The normalized spacial score (nSPS) is 11.9. The van der Waals surface area contributed by atoms with Crippen LogP contribution in [0.2, 0.25) is 5.02 Å². The van der Waals surface area contributed by atoms with E-state index in [9.17, 15) is 8.78 Å². The molecule has 0 saturated carbocycles. The largest absolute Gasteiger partial charge is 0.205 e. The molecule has 0 aliphatic carbocycles. The van der Waals surface area contributed by atoms with Crippen molar-refractivity contribution in [2.75, 3.05) is 0 Å². The van der Waals surface area contributed by atoms with Crippen LogP contribution in [-0.4, -0.2) is 0 Å². The molecule has 1 rings (SSSR count). The van der Waals surface area contributed by atoms with E-state index in [4.69, 9.17) is 23.2 Å². The predicted molar refractivity (Wildman–Crippen MR) is 55.5 cm³/mol. The van der Waals surface area contributed by atoms with E-state index < -0.39 is 16.7 Å². The molecule has 76 valence electrons. The van der Waals surface area contributed by atoms with Crippen LogP contribution in [0.25, 0.3) is 5.03 Å². The van der Waals surface area contributed by atoms with E-state index in [1.165, 1.54) is 6.07 Å². The maximum Gasteiger partial charge on any atom is 0.153 e. The molecule has 0 N–H and O–H groups in total. The maximum atomic E-state index is 13.3. The summed E-state index contributed by atoms with van der Waals surface area (Å²) in [6, 6.07) is 2.36. The molecule has 0 fully saturated rings. The molecule has 0 saturated heterocycles. The van der Waals surface area contributed by atoms with Crippen LogP contribution in [-0.2, 0) is 0 Å². The van der Waals surface area contributed by atoms with E-state index in [2.05, 4.69) is 0 Å². The molecule has 0 aromatic heterocycles. The summed E-state index contributed by atoms with van der Waals surface area (Å²) in [6.07, 6.45) is 2.31. The van der Waals surface area contributed by atoms with Gasteiger partial charge in [0.1, 0.15) is 10.8 Å². The minimum absolute atomic E-state index is 0.125. The molecule has 0 radical (unpaired) electrons. The van der Waals surface area contributed by atoms with Crippen molar-refractivity contribution in [2.45, 2.75) is 13.3 Å². The van der Waals surface area contributed by atoms with Crippen molar-refractivity contribution >= 4 is 28.2 Å². The van der Waals surface area contributed by atoms with Crippen LogP contribution >= 0.6 is 23.2 Å². The maximum absolute atomic E-state index is 13.3. The standard InChI is InChI=1S/C10H8Cl2F2/c1-2-3-7(11)6-4-5-8(13)9(12)10(6)14/h3-5H,2H2,1H3/b7-3-. The van der Waals surface area contributed by atoms with Crippen LogP contribution in [0.1, 0.15) is 18.9 Å². The summed E-state index contributed by atoms with van der Waals surface area (Å²) < 4.78 is 26.1. The van der Waals surface area contributed by atoms with Crippen molar-refractivity contribution in [3.63, 3.8) is 0 Å². The fourth-order valence-corrected chi connectivity index (χ4v) is 1.46. The smallest absolute Gasteiger partial charge is 0.153 e. The lowest BCUT2D eigenvalue weighted by molar-refractivity contribution is 0.582. The highest BCUT2D eigenvalue weighted by atomic mass is 35.5. The van der Waals surface area contributed by atoms with Crippen molar-refractivity contribution in [1.82, 2.24) is 0 Å². The monoisotopic (exact) mass is 236 g/mol. The number of rotatable bonds is 2. The molecule has 0 nitrogen and oxygen atoms in total. The van der Waals surface area contributed by atoms with Gasteiger partial charge in [0.05, 0.1) is 0 Å². The van der Waals surface area contributed by atoms with Gasteiger partial charge in [-0.1, -0.05) is 36.2 Å². The molecular weight excluding hydrogens is 229 g/mol. The van der Waals surface area contributed by atoms with Gasteiger partial charge >= 0.3 is 0 Å². The first-order valence-electron chi connectivity index (χ1n) is 4.07. The van der Waals surface area contributed by atoms with Crippen LogP contribution in [0, 0.1) is 11.6 Å². The first-order valence-corrected chi connectivity index (χ1v) is 4.83. The molecule has 0 amide bonds. The Bertz CT molecular complexity index is 373. The highest BCUT2D eigenvalue weighted by Gasteiger charge is 2.13. The Morgan fingerprint density at radius 3 is 2.64 bits per heavy atom. The second-order valence-corrected chi connectivity index (χ2v) is 3.47. The topological polar surface area (TPSA) is 0 Å². The Labute approximate surface area is 91.1 Å². The van der Waals surface area contributed by atoms with Gasteiger partial charge in [0, 0.05) is 10.6 Å². The van der Waals surface area contributed by atoms with Crippen molar-refractivity contribution in [2.24, 2.45) is 0 Å². The summed E-state index contributed by atoms with van der Waals surface area (Å²) in [6.45, 7) is 1.87. The third-order valence-corrected chi connectivity index (χ3v) is 2.38. The van der Waals surface area contributed by atoms with Crippen molar-refractivity contribution in [3.05, 3.63) is 40.4 Å². The average molecular weight is 237 g/mol. The van der Waals surface area contributed by atoms with Gasteiger partial charge in [-0.15, -0.1) is 0 Å². The quantitative estimate of drug-likeness (QED) is 0.659. The van der Waals surface area contributed by atoms with Gasteiger partial charge in [0.15, 0.2) is 5.82 Å². The van der Waals surface area contributed by atoms with Gasteiger partial charge in [0.25, 0.3) is 0 Å². The molecule has 0 spiro atoms. The number of halogens is 4. The number of hydrogen-bond acceptors (Lipinski definition) is 0. The van der Waals surface area contributed by atoms with E-state index in [0.717, 1.165) is 6.07 Å². The molecule has 0 atom stereocenters. The molecule has 0 aliphatic rings. The van der Waals surface area contributed by atoms with Crippen LogP contribution in [0.3, 0.4) is 0 Å². The van der Waals surface area contributed by atoms with Crippen molar-refractivity contribution < 1.29 is 8.78 Å². The average Bonchev–Trinajstić information content (AvgIpc) is 2.15. The van der Waals surface area contributed by atoms with E-state index >= 15 is 0 Å². The van der Waals surface area contributed by atoms with E-state index in [-0.39, 0.29) is 10.6 Å². The fourth-order valence-electron chi connectivity index (χ4n) is 1.000. The van der Waals surface area contributed by atoms with Crippen molar-refractivity contribution in [1.29, 1.82) is 0 Å². The Balaban J connectivity index is 3.24. The number of allylic oxidation sites excluding steroid dienone is 1. The highest BCUT2D eigenvalue weighted by molar-refractivity contribution is 6.49. The van der Waals surface area contributed by atoms with Gasteiger partial charge in [-0.2, -0.15) is 0 Å². The Kier molecular flexibility index (Phi) is 3.90. The molecule has 0 heterocycles. The molecule has 0 aliphatic heterocycles. The molecule has 4 heteroatoms. The summed E-state index contributed by atoms with van der Waals surface area (Å²) in [7, 11) is 0. The minimum atomic E-state index is -0.818. The van der Waals surface area contributed by atoms with Gasteiger partial charge < -0.3 is 0 Å². The van der Waals surface area contributed by atoms with Crippen LogP contribution in [0.5, 0.6) is 0 Å². The van der Waals surface area contributed by atoms with Crippen LogP contribution < -0.4 is 0 Å². The third-order valence-electron chi connectivity index (χ3n) is 1.68. The van der Waals surface area contributed by atoms with Gasteiger partial charge in [-0.3, -0.25) is 0 Å². The Hall–Kier alpha value is -0.600. The lowest BCUT2D eigenvalue weighted by Gasteiger charge is -2.03. The van der Waals surface area contributed by atoms with Gasteiger partial charge in [-0.05, 0) is 18.6 Å². The van der Waals surface area contributed by atoms with E-state index in [1.54, 1.807) is 6.08 Å². The minimum Gasteiger partial charge on any atom is -0.205 e. The second-order valence-electron chi connectivity index (χ2n) is 2.68. The lowest BCUT2D eigenvalue weighted by Crippen LogP contribution is -1.90. The number of benzene rings is 1. The Morgan fingerprint density at radius 1 is 1.43 bits per heavy atom. The van der Waals surface area contributed by atoms with E-state index in [0.29, 0.717) is 6.42 Å². The zero-order chi connectivity index (χ0) is 10.7. The summed E-state index contributed by atoms with van der Waals surface area (Å²) in [5.41, 5.74) is 0.125. The van der Waals surface area contributed by atoms with Crippen LogP contribution in [0.15, 0.2) is 18.2 Å². The molecule has 0 unspecified atom stereocenters.